The first-order valence-corrected chi connectivity index (χ1v) is 8.42. The highest BCUT2D eigenvalue weighted by atomic mass is 79.9. The number of ether oxygens (including phenoxy) is 2. The molecule has 0 amide bonds. The van der Waals surface area contributed by atoms with Crippen molar-refractivity contribution < 1.29 is 27.4 Å². The lowest BCUT2D eigenvalue weighted by molar-refractivity contribution is -0.140. The van der Waals surface area contributed by atoms with Gasteiger partial charge in [0.05, 0.1) is 26.2 Å². The molecule has 3 nitrogen and oxygen atoms in total. The monoisotopic (exact) mass is 416 g/mol. The van der Waals surface area contributed by atoms with E-state index in [1.165, 1.54) is 20.3 Å². The van der Waals surface area contributed by atoms with E-state index in [4.69, 9.17) is 4.74 Å². The minimum Gasteiger partial charge on any atom is -0.496 e. The smallest absolute Gasteiger partial charge is 0.416 e. The quantitative estimate of drug-likeness (QED) is 0.508. The predicted octanol–water partition coefficient (Wildman–Crippen LogP) is 4.99. The van der Waals surface area contributed by atoms with Crippen molar-refractivity contribution in [3.63, 3.8) is 0 Å². The molecule has 2 rings (SSSR count). The number of hydrogen-bond acceptors (Lipinski definition) is 3. The average Bonchev–Trinajstić information content (AvgIpc) is 2.60. The van der Waals surface area contributed by atoms with E-state index in [1.807, 2.05) is 0 Å². The molecule has 0 fully saturated rings. The molecular weight excluding hydrogens is 401 g/mol. The molecule has 0 radical (unpaired) electrons. The molecule has 2 aromatic carbocycles. The number of carbonyl (C=O) groups excluding carboxylic acids is 1. The van der Waals surface area contributed by atoms with Gasteiger partial charge in [-0.15, -0.1) is 0 Å². The first kappa shape index (κ1) is 19.3. The molecule has 0 bridgehead atoms. The largest absolute Gasteiger partial charge is 0.496 e. The van der Waals surface area contributed by atoms with Crippen LogP contribution in [0.25, 0.3) is 11.1 Å². The molecule has 0 aromatic heterocycles. The highest BCUT2D eigenvalue weighted by Gasteiger charge is 2.31. The summed E-state index contributed by atoms with van der Waals surface area (Å²) in [5.41, 5.74) is 1.67. The van der Waals surface area contributed by atoms with Gasteiger partial charge in [-0.1, -0.05) is 28.1 Å². The van der Waals surface area contributed by atoms with E-state index < -0.39 is 17.7 Å². The molecule has 0 atom stereocenters. The lowest BCUT2D eigenvalue weighted by Crippen LogP contribution is -2.06. The predicted molar refractivity (Wildman–Crippen MR) is 91.8 cm³/mol. The van der Waals surface area contributed by atoms with Gasteiger partial charge in [-0.2, -0.15) is 13.2 Å². The maximum atomic E-state index is 12.9. The fraction of sp³-hybridized carbons (Fsp3) is 0.278. The van der Waals surface area contributed by atoms with Gasteiger partial charge < -0.3 is 9.47 Å². The molecule has 0 saturated carbocycles. The van der Waals surface area contributed by atoms with Crippen LogP contribution in [0.15, 0.2) is 36.4 Å². The molecule has 0 aliphatic carbocycles. The second kappa shape index (κ2) is 7.91. The van der Waals surface area contributed by atoms with Crippen LogP contribution < -0.4 is 4.74 Å². The zero-order valence-corrected chi connectivity index (χ0v) is 15.2. The number of carbonyl (C=O) groups is 1. The molecule has 0 aliphatic rings. The van der Waals surface area contributed by atoms with Crippen molar-refractivity contribution in [1.29, 1.82) is 0 Å². The molecule has 0 unspecified atom stereocenters. The number of rotatable bonds is 5. The number of esters is 1. The van der Waals surface area contributed by atoms with Gasteiger partial charge in [0.25, 0.3) is 0 Å². The highest BCUT2D eigenvalue weighted by molar-refractivity contribution is 9.08. The van der Waals surface area contributed by atoms with Crippen LogP contribution in [0.2, 0.25) is 0 Å². The third-order valence-corrected chi connectivity index (χ3v) is 4.31. The fourth-order valence-electron chi connectivity index (χ4n) is 2.46. The van der Waals surface area contributed by atoms with Gasteiger partial charge in [-0.25, -0.2) is 0 Å². The molecular formula is C18H16BrF3O3. The first-order chi connectivity index (χ1) is 11.8. The van der Waals surface area contributed by atoms with Crippen molar-refractivity contribution in [3.8, 4) is 16.9 Å². The van der Waals surface area contributed by atoms with Gasteiger partial charge in [0.2, 0.25) is 0 Å². The number of alkyl halides is 4. The Bertz CT molecular complexity index is 773. The maximum absolute atomic E-state index is 12.9. The third-order valence-electron chi connectivity index (χ3n) is 3.71. The van der Waals surface area contributed by atoms with Gasteiger partial charge in [-0.05, 0) is 41.0 Å². The molecule has 0 aliphatic heterocycles. The van der Waals surface area contributed by atoms with Gasteiger partial charge >= 0.3 is 12.1 Å². The van der Waals surface area contributed by atoms with E-state index >= 15 is 0 Å². The van der Waals surface area contributed by atoms with Gasteiger partial charge in [0, 0.05) is 10.9 Å². The number of methoxy groups -OCH3 is 2. The fourth-order valence-corrected chi connectivity index (χ4v) is 2.92. The maximum Gasteiger partial charge on any atom is 0.416 e. The van der Waals surface area contributed by atoms with Crippen LogP contribution in [0, 0.1) is 0 Å². The zero-order chi connectivity index (χ0) is 18.6. The van der Waals surface area contributed by atoms with E-state index in [1.54, 1.807) is 18.2 Å². The van der Waals surface area contributed by atoms with E-state index in [2.05, 4.69) is 20.7 Å². The van der Waals surface area contributed by atoms with Crippen LogP contribution in [-0.2, 0) is 27.5 Å². The van der Waals surface area contributed by atoms with Crippen LogP contribution in [0.4, 0.5) is 13.2 Å². The van der Waals surface area contributed by atoms with Crippen molar-refractivity contribution in [1.82, 2.24) is 0 Å². The molecule has 0 saturated heterocycles. The van der Waals surface area contributed by atoms with Crippen molar-refractivity contribution >= 4 is 21.9 Å². The lowest BCUT2D eigenvalue weighted by Gasteiger charge is -2.16. The Morgan fingerprint density at radius 1 is 1.08 bits per heavy atom. The van der Waals surface area contributed by atoms with E-state index in [9.17, 15) is 18.0 Å². The van der Waals surface area contributed by atoms with Crippen molar-refractivity contribution in [3.05, 3.63) is 53.1 Å². The highest BCUT2D eigenvalue weighted by Crippen LogP contribution is 2.38. The van der Waals surface area contributed by atoms with Crippen molar-refractivity contribution in [2.45, 2.75) is 17.9 Å². The molecule has 7 heteroatoms. The summed E-state index contributed by atoms with van der Waals surface area (Å²) in [7, 11) is 2.78. The minimum absolute atomic E-state index is 0.0672. The van der Waals surface area contributed by atoms with Gasteiger partial charge in [0.1, 0.15) is 5.75 Å². The Morgan fingerprint density at radius 3 is 2.36 bits per heavy atom. The molecule has 0 heterocycles. The van der Waals surface area contributed by atoms with E-state index in [0.717, 1.165) is 12.1 Å². The first-order valence-electron chi connectivity index (χ1n) is 7.30. The van der Waals surface area contributed by atoms with Crippen LogP contribution >= 0.6 is 15.9 Å². The van der Waals surface area contributed by atoms with Crippen molar-refractivity contribution in [2.24, 2.45) is 0 Å². The van der Waals surface area contributed by atoms with Gasteiger partial charge in [-0.3, -0.25) is 4.79 Å². The van der Waals surface area contributed by atoms with Crippen LogP contribution in [0.5, 0.6) is 5.75 Å². The van der Waals surface area contributed by atoms with Gasteiger partial charge in [0.15, 0.2) is 0 Å². The topological polar surface area (TPSA) is 35.5 Å². The Balaban J connectivity index is 2.55. The van der Waals surface area contributed by atoms with Crippen LogP contribution in [-0.4, -0.2) is 20.2 Å². The molecule has 25 heavy (non-hydrogen) atoms. The Morgan fingerprint density at radius 2 is 1.80 bits per heavy atom. The van der Waals surface area contributed by atoms with Crippen molar-refractivity contribution in [2.75, 3.05) is 14.2 Å². The second-order valence-corrected chi connectivity index (χ2v) is 5.85. The average molecular weight is 417 g/mol. The second-order valence-electron chi connectivity index (χ2n) is 5.29. The summed E-state index contributed by atoms with van der Waals surface area (Å²) >= 11 is 3.24. The molecule has 2 aromatic rings. The summed E-state index contributed by atoms with van der Waals surface area (Å²) in [5.74, 6) is 0.111. The normalized spacial score (nSPS) is 11.3. The van der Waals surface area contributed by atoms with Crippen LogP contribution in [0.3, 0.4) is 0 Å². The lowest BCUT2D eigenvalue weighted by atomic mass is 9.95. The number of benzene rings is 2. The SMILES string of the molecule is COC(=O)Cc1ccc(OC)c(-c2ccc(C(F)(F)F)cc2CBr)c1. The molecule has 0 spiro atoms. The van der Waals surface area contributed by atoms with Crippen LogP contribution in [0.1, 0.15) is 16.7 Å². The summed E-state index contributed by atoms with van der Waals surface area (Å²) in [4.78, 5) is 11.5. The number of halogens is 4. The van der Waals surface area contributed by atoms with E-state index in [-0.39, 0.29) is 11.8 Å². The summed E-state index contributed by atoms with van der Waals surface area (Å²) in [5, 5.41) is 0.247. The zero-order valence-electron chi connectivity index (χ0n) is 13.6. The third kappa shape index (κ3) is 4.54. The molecule has 0 N–H and O–H groups in total. The Labute approximate surface area is 151 Å². The summed E-state index contributed by atoms with van der Waals surface area (Å²) in [6.07, 6.45) is -4.34. The number of hydrogen-bond donors (Lipinski definition) is 0. The standard InChI is InChI=1S/C18H16BrF3O3/c1-24-16-6-3-11(8-17(23)25-2)7-15(16)14-5-4-13(18(20,21)22)9-12(14)10-19/h3-7,9H,8,10H2,1-2H3. The minimum atomic E-state index is -4.41. The Hall–Kier alpha value is -2.02. The van der Waals surface area contributed by atoms with E-state index in [0.29, 0.717) is 28.0 Å². The molecule has 134 valence electrons. The summed E-state index contributed by atoms with van der Waals surface area (Å²) < 4.78 is 48.8. The summed E-state index contributed by atoms with van der Waals surface area (Å²) in [6, 6.07) is 8.69. The Kier molecular flexibility index (Phi) is 6.11. The summed E-state index contributed by atoms with van der Waals surface area (Å²) in [6.45, 7) is 0.